The Morgan fingerprint density at radius 1 is 1.22 bits per heavy atom. The summed E-state index contributed by atoms with van der Waals surface area (Å²) in [5.41, 5.74) is 7.31. The number of hydrogen-bond acceptors (Lipinski definition) is 5. The molecule has 2 rings (SSSR count). The molecule has 1 heterocycles. The zero-order valence-electron chi connectivity index (χ0n) is 13.0. The van der Waals surface area contributed by atoms with Gasteiger partial charge in [-0.3, -0.25) is 0 Å². The van der Waals surface area contributed by atoms with E-state index in [1.54, 1.807) is 13.0 Å². The normalized spacial score (nSPS) is 11.4. The van der Waals surface area contributed by atoms with Crippen molar-refractivity contribution in [1.29, 1.82) is 0 Å². The second kappa shape index (κ2) is 9.02. The van der Waals surface area contributed by atoms with Crippen LogP contribution in [0.3, 0.4) is 0 Å². The van der Waals surface area contributed by atoms with Crippen LogP contribution in [0.2, 0.25) is 0 Å². The third-order valence-corrected chi connectivity index (χ3v) is 5.07. The summed E-state index contributed by atoms with van der Waals surface area (Å²) in [4.78, 5) is 0. The van der Waals surface area contributed by atoms with Gasteiger partial charge in [0.05, 0.1) is 5.69 Å². The first-order chi connectivity index (χ1) is 10.5. The summed E-state index contributed by atoms with van der Waals surface area (Å²) in [6.07, 6.45) is 0.648. The highest BCUT2D eigenvalue weighted by molar-refractivity contribution is 7.88. The van der Waals surface area contributed by atoms with Crippen molar-refractivity contribution >= 4 is 22.4 Å². The fraction of sp³-hybridized carbons (Fsp3) is 0.400. The van der Waals surface area contributed by atoms with E-state index in [4.69, 9.17) is 10.3 Å². The van der Waals surface area contributed by atoms with Crippen molar-refractivity contribution in [1.82, 2.24) is 9.46 Å². The molecule has 1 aromatic carbocycles. The quantitative estimate of drug-likeness (QED) is 0.775. The second-order valence-corrected chi connectivity index (χ2v) is 7.08. The number of benzene rings is 1. The number of hydrogen-bond donors (Lipinski definition) is 1. The summed E-state index contributed by atoms with van der Waals surface area (Å²) in [6, 6.07) is 11.4. The van der Waals surface area contributed by atoms with Crippen molar-refractivity contribution in [3.63, 3.8) is 0 Å². The molecule has 0 bridgehead atoms. The lowest BCUT2D eigenvalue weighted by Crippen LogP contribution is -2.37. The van der Waals surface area contributed by atoms with E-state index in [2.05, 4.69) is 5.16 Å². The van der Waals surface area contributed by atoms with Crippen LogP contribution in [0, 0.1) is 6.92 Å². The van der Waals surface area contributed by atoms with E-state index < -0.39 is 10.0 Å². The molecule has 0 radical (unpaired) electrons. The van der Waals surface area contributed by atoms with Crippen molar-refractivity contribution in [2.75, 3.05) is 19.6 Å². The molecule has 0 saturated heterocycles. The fourth-order valence-corrected chi connectivity index (χ4v) is 3.62. The van der Waals surface area contributed by atoms with Crippen LogP contribution in [0.15, 0.2) is 40.9 Å². The van der Waals surface area contributed by atoms with Gasteiger partial charge in [0.25, 0.3) is 0 Å². The molecule has 0 aliphatic heterocycles. The van der Waals surface area contributed by atoms with Crippen LogP contribution >= 0.6 is 12.4 Å². The van der Waals surface area contributed by atoms with Gasteiger partial charge in [0.2, 0.25) is 10.0 Å². The maximum absolute atomic E-state index is 12.5. The maximum atomic E-state index is 12.5. The van der Waals surface area contributed by atoms with E-state index in [0.29, 0.717) is 31.0 Å². The average molecular weight is 360 g/mol. The smallest absolute Gasteiger partial charge is 0.221 e. The average Bonchev–Trinajstić information content (AvgIpc) is 2.88. The number of aromatic nitrogens is 1. The highest BCUT2D eigenvalue weighted by Gasteiger charge is 2.23. The van der Waals surface area contributed by atoms with Crippen molar-refractivity contribution in [3.05, 3.63) is 53.4 Å². The van der Waals surface area contributed by atoms with E-state index >= 15 is 0 Å². The Kier molecular flexibility index (Phi) is 7.70. The number of nitrogens with zero attached hydrogens (tertiary/aromatic N) is 2. The van der Waals surface area contributed by atoms with E-state index in [-0.39, 0.29) is 24.7 Å². The first-order valence-electron chi connectivity index (χ1n) is 7.15. The molecule has 0 saturated carbocycles. The lowest BCUT2D eigenvalue weighted by atomic mass is 10.1. The van der Waals surface area contributed by atoms with Gasteiger partial charge >= 0.3 is 0 Å². The molecule has 6 nitrogen and oxygen atoms in total. The monoisotopic (exact) mass is 359 g/mol. The molecule has 0 unspecified atom stereocenters. The van der Waals surface area contributed by atoms with Crippen LogP contribution in [0.5, 0.6) is 0 Å². The van der Waals surface area contributed by atoms with Crippen LogP contribution in [-0.2, 0) is 22.2 Å². The molecule has 2 aromatic rings. The zero-order valence-corrected chi connectivity index (χ0v) is 14.6. The highest BCUT2D eigenvalue weighted by atomic mass is 35.5. The summed E-state index contributed by atoms with van der Waals surface area (Å²) >= 11 is 0. The lowest BCUT2D eigenvalue weighted by Gasteiger charge is -2.20. The highest BCUT2D eigenvalue weighted by Crippen LogP contribution is 2.13. The predicted molar refractivity (Wildman–Crippen MR) is 91.9 cm³/mol. The minimum Gasteiger partial charge on any atom is -0.360 e. The number of aryl methyl sites for hydroxylation is 1. The molecule has 0 fully saturated rings. The van der Waals surface area contributed by atoms with E-state index in [0.717, 1.165) is 5.56 Å². The van der Waals surface area contributed by atoms with Gasteiger partial charge in [-0.05, 0) is 18.9 Å². The molecule has 8 heteroatoms. The number of halogens is 1. The number of nitrogens with two attached hydrogens (primary N) is 1. The van der Waals surface area contributed by atoms with E-state index in [1.165, 1.54) is 4.31 Å². The number of sulfonamides is 1. The lowest BCUT2D eigenvalue weighted by molar-refractivity contribution is 0.379. The summed E-state index contributed by atoms with van der Waals surface area (Å²) in [5.74, 6) is 0.155. The van der Waals surface area contributed by atoms with Crippen molar-refractivity contribution in [2.24, 2.45) is 5.73 Å². The van der Waals surface area contributed by atoms with Crippen molar-refractivity contribution in [2.45, 2.75) is 19.1 Å². The second-order valence-electron chi connectivity index (χ2n) is 5.11. The Labute approximate surface area is 143 Å². The minimum absolute atomic E-state index is 0. The van der Waals surface area contributed by atoms with Crippen LogP contribution in [0.25, 0.3) is 0 Å². The first kappa shape index (κ1) is 19.6. The molecular formula is C15H22ClN3O3S. The van der Waals surface area contributed by atoms with Gasteiger partial charge < -0.3 is 10.3 Å². The molecule has 0 aliphatic carbocycles. The van der Waals surface area contributed by atoms with Gasteiger partial charge in [-0.25, -0.2) is 8.42 Å². The Bertz CT molecular complexity index is 689. The third-order valence-electron chi connectivity index (χ3n) is 3.27. The van der Waals surface area contributed by atoms with Crippen LogP contribution < -0.4 is 5.73 Å². The maximum Gasteiger partial charge on any atom is 0.221 e. The molecule has 0 atom stereocenters. The topological polar surface area (TPSA) is 89.4 Å². The van der Waals surface area contributed by atoms with Crippen LogP contribution in [0.4, 0.5) is 0 Å². The molecule has 0 aliphatic rings. The first-order valence-corrected chi connectivity index (χ1v) is 8.76. The van der Waals surface area contributed by atoms with Crippen molar-refractivity contribution in [3.8, 4) is 0 Å². The molecule has 23 heavy (non-hydrogen) atoms. The Balaban J connectivity index is 0.00000264. The Hall–Kier alpha value is -1.41. The fourth-order valence-electron chi connectivity index (χ4n) is 2.19. The summed E-state index contributed by atoms with van der Waals surface area (Å²) in [6.45, 7) is 2.73. The summed E-state index contributed by atoms with van der Waals surface area (Å²) in [7, 11) is -3.47. The molecular weight excluding hydrogens is 338 g/mol. The van der Waals surface area contributed by atoms with Gasteiger partial charge in [-0.1, -0.05) is 35.5 Å². The van der Waals surface area contributed by atoms with Gasteiger partial charge in [-0.15, -0.1) is 12.4 Å². The van der Waals surface area contributed by atoms with Crippen molar-refractivity contribution < 1.29 is 12.9 Å². The van der Waals surface area contributed by atoms with Crippen LogP contribution in [-0.4, -0.2) is 37.5 Å². The van der Waals surface area contributed by atoms with E-state index in [1.807, 2.05) is 30.3 Å². The SMILES string of the molecule is Cc1cc(CS(=O)(=O)N(CCN)CCc2ccccc2)on1.Cl. The van der Waals surface area contributed by atoms with Gasteiger partial charge in [0.1, 0.15) is 5.75 Å². The number of rotatable bonds is 8. The molecule has 128 valence electrons. The molecule has 1 aromatic heterocycles. The standard InChI is InChI=1S/C15H21N3O3S.ClH/c1-13-11-15(21-17-13)12-22(19,20)18(10-8-16)9-7-14-5-3-2-4-6-14;/h2-6,11H,7-10,12,16H2,1H3;1H. The molecule has 2 N–H and O–H groups in total. The molecule has 0 amide bonds. The Morgan fingerprint density at radius 3 is 2.48 bits per heavy atom. The van der Waals surface area contributed by atoms with Gasteiger partial charge in [0, 0.05) is 25.7 Å². The zero-order chi connectivity index (χ0) is 16.0. The third kappa shape index (κ3) is 5.95. The van der Waals surface area contributed by atoms with Gasteiger partial charge in [-0.2, -0.15) is 4.31 Å². The van der Waals surface area contributed by atoms with E-state index in [9.17, 15) is 8.42 Å². The minimum atomic E-state index is -3.47. The Morgan fingerprint density at radius 2 is 1.91 bits per heavy atom. The predicted octanol–water partition coefficient (Wildman–Crippen LogP) is 1.74. The summed E-state index contributed by atoms with van der Waals surface area (Å²) < 4.78 is 31.4. The largest absolute Gasteiger partial charge is 0.360 e. The van der Waals surface area contributed by atoms with Crippen LogP contribution in [0.1, 0.15) is 17.0 Å². The molecule has 0 spiro atoms. The van der Waals surface area contributed by atoms with Gasteiger partial charge in [0.15, 0.2) is 5.76 Å². The summed E-state index contributed by atoms with van der Waals surface area (Å²) in [5, 5.41) is 3.72.